The lowest BCUT2D eigenvalue weighted by atomic mass is 10.2. The summed E-state index contributed by atoms with van der Waals surface area (Å²) < 4.78 is 13.3. The largest absolute Gasteiger partial charge is 0.299 e. The number of likely N-dealkylation sites (tertiary alicyclic amines) is 1. The van der Waals surface area contributed by atoms with E-state index in [0.717, 1.165) is 51.4 Å². The van der Waals surface area contributed by atoms with Crippen LogP contribution in [0.3, 0.4) is 0 Å². The predicted octanol–water partition coefficient (Wildman–Crippen LogP) is 3.80. The van der Waals surface area contributed by atoms with Crippen LogP contribution in [-0.2, 0) is 19.6 Å². The highest BCUT2D eigenvalue weighted by molar-refractivity contribution is 7.10. The zero-order valence-corrected chi connectivity index (χ0v) is 16.2. The van der Waals surface area contributed by atoms with E-state index < -0.39 is 0 Å². The summed E-state index contributed by atoms with van der Waals surface area (Å²) in [6.07, 6.45) is 2.72. The summed E-state index contributed by atoms with van der Waals surface area (Å²) in [7, 11) is 0. The molecule has 1 aromatic carbocycles. The fourth-order valence-corrected chi connectivity index (χ4v) is 4.93. The van der Waals surface area contributed by atoms with Crippen LogP contribution in [0.25, 0.3) is 0 Å². The molecule has 0 atom stereocenters. The van der Waals surface area contributed by atoms with Crippen molar-refractivity contribution < 1.29 is 4.39 Å². The van der Waals surface area contributed by atoms with Gasteiger partial charge in [0.15, 0.2) is 0 Å². The zero-order chi connectivity index (χ0) is 17.8. The van der Waals surface area contributed by atoms with Gasteiger partial charge in [0.2, 0.25) is 0 Å². The quantitative estimate of drug-likeness (QED) is 0.763. The fraction of sp³-hybridized carbons (Fsp3) is 0.524. The molecule has 0 aliphatic carbocycles. The Balaban J connectivity index is 1.23. The number of thiophene rings is 1. The van der Waals surface area contributed by atoms with Crippen molar-refractivity contribution in [3.8, 4) is 0 Å². The maximum Gasteiger partial charge on any atom is 0.123 e. The van der Waals surface area contributed by atoms with Crippen molar-refractivity contribution >= 4 is 11.3 Å². The minimum absolute atomic E-state index is 0.136. The Hall–Kier alpha value is -1.27. The van der Waals surface area contributed by atoms with Gasteiger partial charge in [0.1, 0.15) is 5.82 Å². The summed E-state index contributed by atoms with van der Waals surface area (Å²) in [5.41, 5.74) is 2.56. The SMILES string of the molecule is Fc1cccc(CN2CCN(Cc3cc(CN4CCCC4)cs3)CC2)c1. The third-order valence-corrected chi connectivity index (χ3v) is 6.42. The molecule has 1 aromatic heterocycles. The van der Waals surface area contributed by atoms with Crippen molar-refractivity contribution in [3.05, 3.63) is 57.5 Å². The summed E-state index contributed by atoms with van der Waals surface area (Å²) in [4.78, 5) is 9.03. The van der Waals surface area contributed by atoms with E-state index in [-0.39, 0.29) is 5.82 Å². The molecule has 2 aromatic rings. The molecule has 0 amide bonds. The topological polar surface area (TPSA) is 9.72 Å². The molecule has 0 unspecified atom stereocenters. The van der Waals surface area contributed by atoms with Crippen LogP contribution in [0.4, 0.5) is 4.39 Å². The Morgan fingerprint density at radius 3 is 2.15 bits per heavy atom. The van der Waals surface area contributed by atoms with E-state index in [9.17, 15) is 4.39 Å². The highest BCUT2D eigenvalue weighted by Gasteiger charge is 2.18. The molecular formula is C21H28FN3S. The van der Waals surface area contributed by atoms with E-state index >= 15 is 0 Å². The number of hydrogen-bond donors (Lipinski definition) is 0. The van der Waals surface area contributed by atoms with Gasteiger partial charge >= 0.3 is 0 Å². The van der Waals surface area contributed by atoms with E-state index in [0.29, 0.717) is 0 Å². The van der Waals surface area contributed by atoms with Crippen molar-refractivity contribution in [2.45, 2.75) is 32.5 Å². The summed E-state index contributed by atoms with van der Waals surface area (Å²) in [5, 5.41) is 2.34. The van der Waals surface area contributed by atoms with Gasteiger partial charge in [-0.15, -0.1) is 11.3 Å². The highest BCUT2D eigenvalue weighted by atomic mass is 32.1. The molecule has 0 radical (unpaired) electrons. The van der Waals surface area contributed by atoms with E-state index in [2.05, 4.69) is 26.1 Å². The lowest BCUT2D eigenvalue weighted by molar-refractivity contribution is 0.122. The summed E-state index contributed by atoms with van der Waals surface area (Å²) in [5.74, 6) is -0.136. The van der Waals surface area contributed by atoms with Crippen molar-refractivity contribution in [2.24, 2.45) is 0 Å². The van der Waals surface area contributed by atoms with Gasteiger partial charge in [0.25, 0.3) is 0 Å². The molecule has 0 N–H and O–H groups in total. The fourth-order valence-electron chi connectivity index (χ4n) is 4.01. The molecule has 140 valence electrons. The van der Waals surface area contributed by atoms with Gasteiger partial charge in [-0.1, -0.05) is 12.1 Å². The standard InChI is InChI=1S/C21H28FN3S/c22-20-5-3-4-18(12-20)14-24-8-10-25(11-9-24)16-21-13-19(17-26-21)15-23-6-1-2-7-23/h3-5,12-13,17H,1-2,6-11,14-16H2. The second-order valence-electron chi connectivity index (χ2n) is 7.59. The number of rotatable bonds is 6. The van der Waals surface area contributed by atoms with Crippen molar-refractivity contribution in [2.75, 3.05) is 39.3 Å². The smallest absolute Gasteiger partial charge is 0.123 e. The highest BCUT2D eigenvalue weighted by Crippen LogP contribution is 2.21. The number of nitrogens with zero attached hydrogens (tertiary/aromatic N) is 3. The summed E-state index contributed by atoms with van der Waals surface area (Å²) in [6, 6.07) is 9.39. The monoisotopic (exact) mass is 373 g/mol. The number of piperazine rings is 1. The van der Waals surface area contributed by atoms with Crippen LogP contribution in [0.1, 0.15) is 28.8 Å². The normalized spacial score (nSPS) is 20.0. The van der Waals surface area contributed by atoms with Crippen LogP contribution < -0.4 is 0 Å². The lowest BCUT2D eigenvalue weighted by Crippen LogP contribution is -2.45. The van der Waals surface area contributed by atoms with Gasteiger partial charge in [0, 0.05) is 50.7 Å². The van der Waals surface area contributed by atoms with Gasteiger partial charge in [-0.3, -0.25) is 14.7 Å². The van der Waals surface area contributed by atoms with Gasteiger partial charge in [-0.25, -0.2) is 4.39 Å². The molecule has 2 saturated heterocycles. The molecule has 2 aliphatic rings. The Morgan fingerprint density at radius 1 is 0.769 bits per heavy atom. The third-order valence-electron chi connectivity index (χ3n) is 5.45. The number of hydrogen-bond acceptors (Lipinski definition) is 4. The van der Waals surface area contributed by atoms with E-state index in [1.165, 1.54) is 42.4 Å². The maximum atomic E-state index is 13.3. The van der Waals surface area contributed by atoms with Gasteiger partial charge in [-0.05, 0) is 60.6 Å². The van der Waals surface area contributed by atoms with Crippen molar-refractivity contribution in [3.63, 3.8) is 0 Å². The van der Waals surface area contributed by atoms with E-state index in [4.69, 9.17) is 0 Å². The van der Waals surface area contributed by atoms with Crippen molar-refractivity contribution in [1.29, 1.82) is 0 Å². The first-order valence-electron chi connectivity index (χ1n) is 9.72. The zero-order valence-electron chi connectivity index (χ0n) is 15.4. The molecule has 2 fully saturated rings. The number of benzene rings is 1. The van der Waals surface area contributed by atoms with Crippen molar-refractivity contribution in [1.82, 2.24) is 14.7 Å². The predicted molar refractivity (Wildman–Crippen MR) is 106 cm³/mol. The molecule has 4 rings (SSSR count). The minimum atomic E-state index is -0.136. The Labute approximate surface area is 160 Å². The Morgan fingerprint density at radius 2 is 1.42 bits per heavy atom. The van der Waals surface area contributed by atoms with Crippen LogP contribution in [0.2, 0.25) is 0 Å². The Bertz CT molecular complexity index is 703. The van der Waals surface area contributed by atoms with Crippen LogP contribution in [0.15, 0.2) is 35.7 Å². The molecule has 26 heavy (non-hydrogen) atoms. The molecule has 0 bridgehead atoms. The molecule has 0 saturated carbocycles. The van der Waals surface area contributed by atoms with Gasteiger partial charge < -0.3 is 0 Å². The number of halogens is 1. The minimum Gasteiger partial charge on any atom is -0.299 e. The van der Waals surface area contributed by atoms with Crippen LogP contribution >= 0.6 is 11.3 Å². The lowest BCUT2D eigenvalue weighted by Gasteiger charge is -2.34. The first kappa shape index (κ1) is 18.1. The molecule has 5 heteroatoms. The first-order valence-corrected chi connectivity index (χ1v) is 10.6. The molecular weight excluding hydrogens is 345 g/mol. The first-order chi connectivity index (χ1) is 12.7. The molecule has 0 spiro atoms. The Kier molecular flexibility index (Phi) is 6.00. The van der Waals surface area contributed by atoms with Crippen LogP contribution in [0, 0.1) is 5.82 Å². The summed E-state index contributed by atoms with van der Waals surface area (Å²) in [6.45, 7) is 9.87. The second-order valence-corrected chi connectivity index (χ2v) is 8.58. The second kappa shape index (κ2) is 8.61. The van der Waals surface area contributed by atoms with E-state index in [1.54, 1.807) is 12.1 Å². The average Bonchev–Trinajstić information content (AvgIpc) is 3.29. The molecule has 2 aliphatic heterocycles. The van der Waals surface area contributed by atoms with Crippen LogP contribution in [0.5, 0.6) is 0 Å². The third kappa shape index (κ3) is 4.92. The van der Waals surface area contributed by atoms with E-state index in [1.807, 2.05) is 17.4 Å². The van der Waals surface area contributed by atoms with Gasteiger partial charge in [-0.2, -0.15) is 0 Å². The average molecular weight is 374 g/mol. The van der Waals surface area contributed by atoms with Crippen LogP contribution in [-0.4, -0.2) is 54.0 Å². The van der Waals surface area contributed by atoms with Gasteiger partial charge in [0.05, 0.1) is 0 Å². The molecule has 3 nitrogen and oxygen atoms in total. The molecule has 3 heterocycles. The maximum absolute atomic E-state index is 13.3. The summed E-state index contributed by atoms with van der Waals surface area (Å²) >= 11 is 1.91.